The molecule has 0 aromatic heterocycles. The van der Waals surface area contributed by atoms with Crippen molar-refractivity contribution < 1.29 is 17.9 Å². The Labute approximate surface area is 81.0 Å². The molecule has 0 amide bonds. The van der Waals surface area contributed by atoms with E-state index >= 15 is 0 Å². The number of hydrogen-bond donors (Lipinski definition) is 1. The third-order valence-electron chi connectivity index (χ3n) is 2.42. The van der Waals surface area contributed by atoms with Crippen LogP contribution in [0, 0.1) is 0 Å². The summed E-state index contributed by atoms with van der Waals surface area (Å²) in [6.07, 6.45) is -4.25. The van der Waals surface area contributed by atoms with Gasteiger partial charge in [-0.2, -0.15) is 13.2 Å². The normalized spacial score (nSPS) is 27.6. The molecule has 0 aromatic carbocycles. The molecule has 0 aliphatic carbocycles. The number of morpholine rings is 1. The van der Waals surface area contributed by atoms with Crippen LogP contribution in [0.5, 0.6) is 0 Å². The molecule has 0 bridgehead atoms. The Bertz CT molecular complexity index is 186. The van der Waals surface area contributed by atoms with Gasteiger partial charge in [0.25, 0.3) is 0 Å². The second kappa shape index (κ2) is 4.46. The van der Waals surface area contributed by atoms with Crippen LogP contribution < -0.4 is 5.73 Å². The lowest BCUT2D eigenvalue weighted by Gasteiger charge is -2.39. The van der Waals surface area contributed by atoms with Gasteiger partial charge in [-0.1, -0.05) is 0 Å². The number of hydrogen-bond acceptors (Lipinski definition) is 3. The average molecular weight is 212 g/mol. The van der Waals surface area contributed by atoms with Crippen molar-refractivity contribution in [2.45, 2.75) is 25.2 Å². The van der Waals surface area contributed by atoms with Crippen molar-refractivity contribution in [3.05, 3.63) is 0 Å². The number of ether oxygens (including phenoxy) is 1. The first-order valence-corrected chi connectivity index (χ1v) is 4.57. The lowest BCUT2D eigenvalue weighted by molar-refractivity contribution is -0.196. The van der Waals surface area contributed by atoms with Gasteiger partial charge in [0.1, 0.15) is 6.04 Å². The Balaban J connectivity index is 2.67. The van der Waals surface area contributed by atoms with Crippen LogP contribution >= 0.6 is 0 Å². The molecule has 1 aliphatic heterocycles. The highest BCUT2D eigenvalue weighted by atomic mass is 19.4. The van der Waals surface area contributed by atoms with Crippen molar-refractivity contribution in [3.8, 4) is 0 Å². The second-order valence-corrected chi connectivity index (χ2v) is 3.45. The number of nitrogens with zero attached hydrogens (tertiary/aromatic N) is 1. The molecule has 2 N–H and O–H groups in total. The lowest BCUT2D eigenvalue weighted by Crippen LogP contribution is -2.57. The molecule has 1 heterocycles. The van der Waals surface area contributed by atoms with E-state index in [4.69, 9.17) is 10.5 Å². The van der Waals surface area contributed by atoms with Gasteiger partial charge in [0.05, 0.1) is 13.2 Å². The lowest BCUT2D eigenvalue weighted by atomic mass is 10.1. The van der Waals surface area contributed by atoms with Crippen LogP contribution in [0.25, 0.3) is 0 Å². The van der Waals surface area contributed by atoms with E-state index in [2.05, 4.69) is 0 Å². The maximum absolute atomic E-state index is 12.5. The number of nitrogens with two attached hydrogens (primary N) is 1. The summed E-state index contributed by atoms with van der Waals surface area (Å²) in [7, 11) is 0. The van der Waals surface area contributed by atoms with E-state index < -0.39 is 18.8 Å². The van der Waals surface area contributed by atoms with Crippen LogP contribution in [0.3, 0.4) is 0 Å². The van der Waals surface area contributed by atoms with Crippen LogP contribution in [0.4, 0.5) is 13.2 Å². The molecule has 0 spiro atoms. The van der Waals surface area contributed by atoms with Crippen molar-refractivity contribution in [1.29, 1.82) is 0 Å². The Morgan fingerprint density at radius 2 is 2.21 bits per heavy atom. The Hall–Kier alpha value is -0.330. The van der Waals surface area contributed by atoms with E-state index in [0.717, 1.165) is 0 Å². The monoisotopic (exact) mass is 212 g/mol. The van der Waals surface area contributed by atoms with E-state index in [1.54, 1.807) is 6.92 Å². The molecule has 1 rings (SSSR count). The number of halogens is 3. The van der Waals surface area contributed by atoms with Gasteiger partial charge in [-0.15, -0.1) is 0 Å². The zero-order valence-corrected chi connectivity index (χ0v) is 8.05. The SMILES string of the molecule is CC1COCCN1C(CN)C(F)(F)F. The van der Waals surface area contributed by atoms with E-state index in [9.17, 15) is 13.2 Å². The van der Waals surface area contributed by atoms with Crippen LogP contribution in [-0.2, 0) is 4.74 Å². The largest absolute Gasteiger partial charge is 0.405 e. The molecule has 6 heteroatoms. The summed E-state index contributed by atoms with van der Waals surface area (Å²) >= 11 is 0. The molecule has 0 saturated carbocycles. The van der Waals surface area contributed by atoms with Crippen molar-refractivity contribution in [3.63, 3.8) is 0 Å². The van der Waals surface area contributed by atoms with Gasteiger partial charge in [-0.25, -0.2) is 0 Å². The van der Waals surface area contributed by atoms with E-state index in [0.29, 0.717) is 19.8 Å². The van der Waals surface area contributed by atoms with Crippen LogP contribution in [0.1, 0.15) is 6.92 Å². The van der Waals surface area contributed by atoms with Gasteiger partial charge in [0, 0.05) is 19.1 Å². The molecular formula is C8H15F3N2O. The Morgan fingerprint density at radius 3 is 2.64 bits per heavy atom. The minimum absolute atomic E-state index is 0.223. The standard InChI is InChI=1S/C8H15F3N2O/c1-6-5-14-3-2-13(6)7(4-12)8(9,10)11/h6-7H,2-5,12H2,1H3. The highest BCUT2D eigenvalue weighted by Crippen LogP contribution is 2.26. The van der Waals surface area contributed by atoms with Gasteiger partial charge in [-0.3, -0.25) is 4.90 Å². The second-order valence-electron chi connectivity index (χ2n) is 3.45. The third-order valence-corrected chi connectivity index (χ3v) is 2.42. The average Bonchev–Trinajstić information content (AvgIpc) is 2.07. The summed E-state index contributed by atoms with van der Waals surface area (Å²) in [5.41, 5.74) is 5.15. The van der Waals surface area contributed by atoms with E-state index in [1.807, 2.05) is 0 Å². The van der Waals surface area contributed by atoms with Gasteiger partial charge < -0.3 is 10.5 Å². The molecule has 0 radical (unpaired) electrons. The maximum Gasteiger partial charge on any atom is 0.405 e. The predicted octanol–water partition coefficient (Wildman–Crippen LogP) is 0.597. The van der Waals surface area contributed by atoms with Gasteiger partial charge in [0.2, 0.25) is 0 Å². The van der Waals surface area contributed by atoms with Gasteiger partial charge >= 0.3 is 6.18 Å². The fraction of sp³-hybridized carbons (Fsp3) is 1.00. The summed E-state index contributed by atoms with van der Waals surface area (Å²) in [4.78, 5) is 1.36. The molecule has 84 valence electrons. The summed E-state index contributed by atoms with van der Waals surface area (Å²) in [6, 6.07) is -1.76. The molecule has 3 nitrogen and oxygen atoms in total. The van der Waals surface area contributed by atoms with Crippen molar-refractivity contribution >= 4 is 0 Å². The zero-order valence-electron chi connectivity index (χ0n) is 8.05. The summed E-state index contributed by atoms with van der Waals surface area (Å²) in [5.74, 6) is 0. The molecule has 2 unspecified atom stereocenters. The van der Waals surface area contributed by atoms with Crippen molar-refractivity contribution in [1.82, 2.24) is 4.90 Å². The summed E-state index contributed by atoms with van der Waals surface area (Å²) in [5, 5.41) is 0. The summed E-state index contributed by atoms with van der Waals surface area (Å²) < 4.78 is 42.6. The zero-order chi connectivity index (χ0) is 10.8. The first-order chi connectivity index (χ1) is 6.46. The fourth-order valence-electron chi connectivity index (χ4n) is 1.66. The fourth-order valence-corrected chi connectivity index (χ4v) is 1.66. The number of alkyl halides is 3. The predicted molar refractivity (Wildman–Crippen MR) is 45.9 cm³/mol. The summed E-state index contributed by atoms with van der Waals surface area (Å²) in [6.45, 7) is 2.30. The quantitative estimate of drug-likeness (QED) is 0.728. The molecule has 2 atom stereocenters. The van der Waals surface area contributed by atoms with Crippen LogP contribution in [-0.4, -0.2) is 49.5 Å². The molecule has 1 fully saturated rings. The smallest absolute Gasteiger partial charge is 0.379 e. The van der Waals surface area contributed by atoms with Gasteiger partial charge in [0.15, 0.2) is 0 Å². The van der Waals surface area contributed by atoms with Crippen molar-refractivity contribution in [2.24, 2.45) is 5.73 Å². The van der Waals surface area contributed by atoms with Gasteiger partial charge in [-0.05, 0) is 6.92 Å². The molecule has 1 aliphatic rings. The maximum atomic E-state index is 12.5. The first kappa shape index (κ1) is 11.7. The van der Waals surface area contributed by atoms with Crippen LogP contribution in [0.2, 0.25) is 0 Å². The number of rotatable bonds is 2. The van der Waals surface area contributed by atoms with E-state index in [1.165, 1.54) is 4.90 Å². The first-order valence-electron chi connectivity index (χ1n) is 4.57. The molecular weight excluding hydrogens is 197 g/mol. The minimum atomic E-state index is -4.25. The van der Waals surface area contributed by atoms with Crippen molar-refractivity contribution in [2.75, 3.05) is 26.3 Å². The highest BCUT2D eigenvalue weighted by molar-refractivity contribution is 4.84. The Kier molecular flexibility index (Phi) is 3.74. The molecule has 14 heavy (non-hydrogen) atoms. The minimum Gasteiger partial charge on any atom is -0.379 e. The van der Waals surface area contributed by atoms with E-state index in [-0.39, 0.29) is 6.04 Å². The highest BCUT2D eigenvalue weighted by Gasteiger charge is 2.44. The van der Waals surface area contributed by atoms with Crippen LogP contribution in [0.15, 0.2) is 0 Å². The molecule has 0 aromatic rings. The third kappa shape index (κ3) is 2.59. The topological polar surface area (TPSA) is 38.5 Å². The Morgan fingerprint density at radius 1 is 1.57 bits per heavy atom. The molecule has 1 saturated heterocycles.